The molecule has 0 spiro atoms. The van der Waals surface area contributed by atoms with E-state index >= 15 is 0 Å². The van der Waals surface area contributed by atoms with E-state index in [9.17, 15) is 4.79 Å². The number of nitrogens with zero attached hydrogens (tertiary/aromatic N) is 2. The van der Waals surface area contributed by atoms with Crippen LogP contribution in [0.15, 0.2) is 72.8 Å². The summed E-state index contributed by atoms with van der Waals surface area (Å²) in [4.78, 5) is 19.9. The number of rotatable bonds is 7. The second-order valence-corrected chi connectivity index (χ2v) is 7.82. The molecule has 0 saturated carbocycles. The number of hydrogen-bond donors (Lipinski definition) is 4. The van der Waals surface area contributed by atoms with Gasteiger partial charge in [-0.2, -0.15) is 0 Å². The Morgan fingerprint density at radius 3 is 2.44 bits per heavy atom. The normalized spacial score (nSPS) is 12.9. The zero-order chi connectivity index (χ0) is 22.7. The Morgan fingerprint density at radius 2 is 1.72 bits per heavy atom. The minimum Gasteiger partial charge on any atom is -0.480 e. The molecule has 0 aliphatic rings. The van der Waals surface area contributed by atoms with Crippen molar-refractivity contribution in [1.82, 2.24) is 9.97 Å². The van der Waals surface area contributed by atoms with Crippen LogP contribution in [0.1, 0.15) is 24.1 Å². The maximum Gasteiger partial charge on any atom is 0.320 e. The van der Waals surface area contributed by atoms with Gasteiger partial charge in [-0.3, -0.25) is 4.79 Å². The van der Waals surface area contributed by atoms with Crippen molar-refractivity contribution >= 4 is 28.4 Å². The lowest BCUT2D eigenvalue weighted by Gasteiger charge is -2.16. The molecular weight excluding hydrogens is 402 g/mol. The van der Waals surface area contributed by atoms with Gasteiger partial charge >= 0.3 is 5.97 Å². The average Bonchev–Trinajstić information content (AvgIpc) is 2.78. The van der Waals surface area contributed by atoms with Crippen molar-refractivity contribution in [3.8, 4) is 11.4 Å². The van der Waals surface area contributed by atoms with Crippen LogP contribution in [-0.2, 0) is 11.2 Å². The Kier molecular flexibility index (Phi) is 6.00. The van der Waals surface area contributed by atoms with E-state index in [0.29, 0.717) is 17.5 Å². The first-order valence-corrected chi connectivity index (χ1v) is 10.4. The van der Waals surface area contributed by atoms with Crippen molar-refractivity contribution in [3.05, 3.63) is 83.9 Å². The third-order valence-electron chi connectivity index (χ3n) is 5.37. The monoisotopic (exact) mass is 427 g/mol. The van der Waals surface area contributed by atoms with Crippen LogP contribution in [0.5, 0.6) is 0 Å². The van der Waals surface area contributed by atoms with Crippen LogP contribution in [-0.4, -0.2) is 27.1 Å². The fourth-order valence-electron chi connectivity index (χ4n) is 3.58. The van der Waals surface area contributed by atoms with E-state index in [1.54, 1.807) is 6.07 Å². The van der Waals surface area contributed by atoms with Crippen molar-refractivity contribution in [1.29, 1.82) is 0 Å². The third-order valence-corrected chi connectivity index (χ3v) is 5.37. The van der Waals surface area contributed by atoms with Gasteiger partial charge in [0.25, 0.3) is 0 Å². The zero-order valence-electron chi connectivity index (χ0n) is 17.7. The molecule has 6 N–H and O–H groups in total. The smallest absolute Gasteiger partial charge is 0.320 e. The topological polar surface area (TPSA) is 127 Å². The molecule has 0 fully saturated rings. The van der Waals surface area contributed by atoms with Gasteiger partial charge in [0.1, 0.15) is 17.7 Å². The molecule has 0 aliphatic carbocycles. The van der Waals surface area contributed by atoms with Gasteiger partial charge < -0.3 is 21.9 Å². The number of hydrogen-bond acceptors (Lipinski definition) is 6. The minimum atomic E-state index is -1.02. The molecule has 7 nitrogen and oxygen atoms in total. The SMILES string of the molecule is CC(Nc1cc(N)nc(-c2ccc(CC(N)C(=O)O)cc2)n1)c1ccc2ccccc2c1. The van der Waals surface area contributed by atoms with Crippen LogP contribution in [0, 0.1) is 0 Å². The Hall–Kier alpha value is -3.97. The third kappa shape index (κ3) is 4.84. The van der Waals surface area contributed by atoms with E-state index in [1.807, 2.05) is 36.4 Å². The molecule has 0 saturated heterocycles. The molecule has 4 aromatic rings. The van der Waals surface area contributed by atoms with Crippen LogP contribution >= 0.6 is 0 Å². The summed E-state index contributed by atoms with van der Waals surface area (Å²) < 4.78 is 0. The van der Waals surface area contributed by atoms with Crippen LogP contribution < -0.4 is 16.8 Å². The molecule has 0 amide bonds. The molecule has 0 aliphatic heterocycles. The highest BCUT2D eigenvalue weighted by molar-refractivity contribution is 5.83. The van der Waals surface area contributed by atoms with Crippen molar-refractivity contribution in [2.45, 2.75) is 25.4 Å². The summed E-state index contributed by atoms with van der Waals surface area (Å²) in [5.74, 6) is 0.460. The number of carbonyl (C=O) groups is 1. The lowest BCUT2D eigenvalue weighted by Crippen LogP contribution is -2.32. The largest absolute Gasteiger partial charge is 0.480 e. The van der Waals surface area contributed by atoms with Gasteiger partial charge in [0.05, 0.1) is 0 Å². The van der Waals surface area contributed by atoms with Crippen molar-refractivity contribution < 1.29 is 9.90 Å². The van der Waals surface area contributed by atoms with Gasteiger partial charge in [0, 0.05) is 17.7 Å². The van der Waals surface area contributed by atoms with E-state index < -0.39 is 12.0 Å². The molecular formula is C25H25N5O2. The van der Waals surface area contributed by atoms with Gasteiger partial charge in [-0.05, 0) is 41.3 Å². The molecule has 0 radical (unpaired) electrons. The lowest BCUT2D eigenvalue weighted by molar-refractivity contribution is -0.138. The average molecular weight is 428 g/mol. The highest BCUT2D eigenvalue weighted by Crippen LogP contribution is 2.25. The molecule has 1 heterocycles. The Morgan fingerprint density at radius 1 is 1.00 bits per heavy atom. The molecule has 4 rings (SSSR count). The van der Waals surface area contributed by atoms with Crippen LogP contribution in [0.25, 0.3) is 22.2 Å². The minimum absolute atomic E-state index is 0.0154. The summed E-state index contributed by atoms with van der Waals surface area (Å²) >= 11 is 0. The van der Waals surface area contributed by atoms with Crippen molar-refractivity contribution in [3.63, 3.8) is 0 Å². The number of carboxylic acids is 1. The van der Waals surface area contributed by atoms with Crippen molar-refractivity contribution in [2.75, 3.05) is 11.1 Å². The standard InChI is InChI=1S/C25H25N5O2/c1-15(19-11-10-17-4-2-3-5-20(17)13-19)28-23-14-22(27)29-24(30-23)18-8-6-16(7-9-18)12-21(26)25(31)32/h2-11,13-15,21H,12,26H2,1H3,(H,31,32)(H3,27,28,29,30). The summed E-state index contributed by atoms with van der Waals surface area (Å²) in [5.41, 5.74) is 14.4. The Bertz CT molecular complexity index is 1260. The molecule has 2 atom stereocenters. The van der Waals surface area contributed by atoms with E-state index in [1.165, 1.54) is 10.8 Å². The van der Waals surface area contributed by atoms with Crippen LogP contribution in [0.4, 0.5) is 11.6 Å². The summed E-state index contributed by atoms with van der Waals surface area (Å²) in [6.07, 6.45) is 0.253. The second-order valence-electron chi connectivity index (χ2n) is 7.82. The van der Waals surface area contributed by atoms with Gasteiger partial charge in [-0.25, -0.2) is 9.97 Å². The van der Waals surface area contributed by atoms with Gasteiger partial charge in [-0.1, -0.05) is 60.7 Å². The number of nitrogen functional groups attached to an aromatic ring is 1. The van der Waals surface area contributed by atoms with Crippen LogP contribution in [0.3, 0.4) is 0 Å². The van der Waals surface area contributed by atoms with Gasteiger partial charge in [0.15, 0.2) is 5.82 Å². The van der Waals surface area contributed by atoms with Gasteiger partial charge in [0.2, 0.25) is 0 Å². The number of carboxylic acid groups (broad SMARTS) is 1. The van der Waals surface area contributed by atoms with Crippen molar-refractivity contribution in [2.24, 2.45) is 5.73 Å². The number of benzene rings is 3. The highest BCUT2D eigenvalue weighted by atomic mass is 16.4. The maximum atomic E-state index is 11.0. The Balaban J connectivity index is 1.53. The lowest BCUT2D eigenvalue weighted by atomic mass is 10.0. The Labute approximate surface area is 186 Å². The predicted octanol–water partition coefficient (Wildman–Crippen LogP) is 4.01. The fourth-order valence-corrected chi connectivity index (χ4v) is 3.58. The number of nitrogens with two attached hydrogens (primary N) is 2. The highest BCUT2D eigenvalue weighted by Gasteiger charge is 2.13. The van der Waals surface area contributed by atoms with E-state index in [4.69, 9.17) is 16.6 Å². The van der Waals surface area contributed by atoms with Gasteiger partial charge in [-0.15, -0.1) is 0 Å². The summed E-state index contributed by atoms with van der Waals surface area (Å²) in [6.45, 7) is 2.07. The molecule has 32 heavy (non-hydrogen) atoms. The van der Waals surface area contributed by atoms with E-state index in [0.717, 1.165) is 16.7 Å². The number of aliphatic carboxylic acids is 1. The molecule has 0 bridgehead atoms. The predicted molar refractivity (Wildman–Crippen MR) is 127 cm³/mol. The number of aromatic nitrogens is 2. The van der Waals surface area contributed by atoms with Crippen LogP contribution in [0.2, 0.25) is 0 Å². The van der Waals surface area contributed by atoms with E-state index in [2.05, 4.69) is 52.5 Å². The number of fused-ring (bicyclic) bond motifs is 1. The molecule has 162 valence electrons. The molecule has 2 unspecified atom stereocenters. The fraction of sp³-hybridized carbons (Fsp3) is 0.160. The first-order chi connectivity index (χ1) is 15.4. The number of anilines is 2. The summed E-state index contributed by atoms with van der Waals surface area (Å²) in [6, 6.07) is 22.8. The van der Waals surface area contributed by atoms with E-state index in [-0.39, 0.29) is 12.5 Å². The maximum absolute atomic E-state index is 11.0. The quantitative estimate of drug-likeness (QED) is 0.351. The zero-order valence-corrected chi connectivity index (χ0v) is 17.7. The summed E-state index contributed by atoms with van der Waals surface area (Å²) in [5, 5.41) is 14.8. The first kappa shape index (κ1) is 21.3. The summed E-state index contributed by atoms with van der Waals surface area (Å²) in [7, 11) is 0. The number of nitrogens with one attached hydrogen (secondary N) is 1. The second kappa shape index (κ2) is 9.03. The first-order valence-electron chi connectivity index (χ1n) is 10.4. The molecule has 7 heteroatoms. The molecule has 1 aromatic heterocycles. The molecule has 3 aromatic carbocycles.